The molecule has 3 nitrogen and oxygen atoms in total. The highest BCUT2D eigenvalue weighted by atomic mass is 79.9. The third-order valence-corrected chi connectivity index (χ3v) is 6.57. The summed E-state index contributed by atoms with van der Waals surface area (Å²) < 4.78 is 1.07. The number of hydrogen-bond acceptors (Lipinski definition) is 3. The van der Waals surface area contributed by atoms with Gasteiger partial charge in [-0.25, -0.2) is 0 Å². The van der Waals surface area contributed by atoms with Crippen LogP contribution in [0.2, 0.25) is 0 Å². The maximum Gasteiger partial charge on any atom is 0.235 e. The van der Waals surface area contributed by atoms with E-state index in [1.54, 1.807) is 11.8 Å². The van der Waals surface area contributed by atoms with Crippen molar-refractivity contribution in [2.75, 3.05) is 26.2 Å². The van der Waals surface area contributed by atoms with Crippen LogP contribution in [0.15, 0.2) is 33.6 Å². The van der Waals surface area contributed by atoms with Crippen LogP contribution in [0, 0.1) is 0 Å². The van der Waals surface area contributed by atoms with Crippen LogP contribution in [-0.2, 0) is 4.79 Å². The molecule has 0 radical (unpaired) electrons. The van der Waals surface area contributed by atoms with Gasteiger partial charge >= 0.3 is 0 Å². The SMILES string of the molecule is CC(Sc1ccc(Br)cc1)C(=O)N1CCN(C2CCCC2)CC1. The van der Waals surface area contributed by atoms with Gasteiger partial charge in [-0.15, -0.1) is 11.8 Å². The molecule has 0 spiro atoms. The molecule has 0 bridgehead atoms. The van der Waals surface area contributed by atoms with Gasteiger partial charge in [-0.05, 0) is 44.0 Å². The molecule has 3 rings (SSSR count). The highest BCUT2D eigenvalue weighted by Gasteiger charge is 2.29. The van der Waals surface area contributed by atoms with Crippen LogP contribution in [-0.4, -0.2) is 53.2 Å². The number of thioether (sulfide) groups is 1. The Morgan fingerprint density at radius 1 is 1.13 bits per heavy atom. The Kier molecular flexibility index (Phi) is 6.05. The monoisotopic (exact) mass is 396 g/mol. The van der Waals surface area contributed by atoms with Crippen molar-refractivity contribution in [2.45, 2.75) is 48.8 Å². The van der Waals surface area contributed by atoms with E-state index >= 15 is 0 Å². The van der Waals surface area contributed by atoms with Gasteiger partial charge in [-0.1, -0.05) is 28.8 Å². The van der Waals surface area contributed by atoms with Crippen molar-refractivity contribution in [3.05, 3.63) is 28.7 Å². The minimum Gasteiger partial charge on any atom is -0.339 e. The normalized spacial score (nSPS) is 21.6. The first-order chi connectivity index (χ1) is 11.1. The molecule has 1 heterocycles. The van der Waals surface area contributed by atoms with E-state index in [0.29, 0.717) is 0 Å². The molecule has 2 fully saturated rings. The molecule has 1 aromatic carbocycles. The number of amides is 1. The fourth-order valence-electron chi connectivity index (χ4n) is 3.60. The summed E-state index contributed by atoms with van der Waals surface area (Å²) >= 11 is 5.10. The Morgan fingerprint density at radius 2 is 1.74 bits per heavy atom. The van der Waals surface area contributed by atoms with Gasteiger partial charge in [0.25, 0.3) is 0 Å². The first-order valence-electron chi connectivity index (χ1n) is 8.58. The van der Waals surface area contributed by atoms with Gasteiger partial charge in [-0.3, -0.25) is 9.69 Å². The highest BCUT2D eigenvalue weighted by molar-refractivity contribution is 9.10. The summed E-state index contributed by atoms with van der Waals surface area (Å²) in [6, 6.07) is 8.97. The quantitative estimate of drug-likeness (QED) is 0.718. The molecule has 1 unspecified atom stereocenters. The minimum atomic E-state index is -0.0193. The molecule has 0 N–H and O–H groups in total. The first kappa shape index (κ1) is 17.3. The average molecular weight is 397 g/mol. The van der Waals surface area contributed by atoms with Gasteiger partial charge in [0.05, 0.1) is 5.25 Å². The highest BCUT2D eigenvalue weighted by Crippen LogP contribution is 2.27. The Balaban J connectivity index is 1.49. The van der Waals surface area contributed by atoms with Crippen LogP contribution in [0.4, 0.5) is 0 Å². The molecule has 1 amide bonds. The van der Waals surface area contributed by atoms with Gasteiger partial charge in [0.1, 0.15) is 0 Å². The van der Waals surface area contributed by atoms with E-state index in [-0.39, 0.29) is 11.2 Å². The largest absolute Gasteiger partial charge is 0.339 e. The zero-order chi connectivity index (χ0) is 16.2. The molecule has 2 aliphatic rings. The van der Waals surface area contributed by atoms with Crippen LogP contribution in [0.5, 0.6) is 0 Å². The Labute approximate surface area is 151 Å². The molecular formula is C18H25BrN2OS. The Morgan fingerprint density at radius 3 is 2.35 bits per heavy atom. The zero-order valence-electron chi connectivity index (χ0n) is 13.7. The molecule has 5 heteroatoms. The predicted octanol–water partition coefficient (Wildman–Crippen LogP) is 4.02. The standard InChI is InChI=1S/C18H25BrN2OS/c1-14(23-17-8-6-15(19)7-9-17)18(22)21-12-10-20(11-13-21)16-4-2-3-5-16/h6-9,14,16H,2-5,10-13H2,1H3. The van der Waals surface area contributed by atoms with Gasteiger partial charge in [-0.2, -0.15) is 0 Å². The van der Waals surface area contributed by atoms with Crippen molar-refractivity contribution in [3.8, 4) is 0 Å². The average Bonchev–Trinajstić information content (AvgIpc) is 3.11. The summed E-state index contributed by atoms with van der Waals surface area (Å²) in [6.07, 6.45) is 5.46. The summed E-state index contributed by atoms with van der Waals surface area (Å²) in [5.41, 5.74) is 0. The van der Waals surface area contributed by atoms with E-state index in [1.807, 2.05) is 19.1 Å². The van der Waals surface area contributed by atoms with Crippen LogP contribution in [0.1, 0.15) is 32.6 Å². The molecular weight excluding hydrogens is 372 g/mol. The smallest absolute Gasteiger partial charge is 0.235 e. The second kappa shape index (κ2) is 8.04. The third kappa shape index (κ3) is 4.52. The van der Waals surface area contributed by atoms with E-state index in [4.69, 9.17) is 0 Å². The van der Waals surface area contributed by atoms with Crippen molar-refractivity contribution in [2.24, 2.45) is 0 Å². The number of nitrogens with zero attached hydrogens (tertiary/aromatic N) is 2. The Hall–Kier alpha value is -0.520. The number of carbonyl (C=O) groups excluding carboxylic acids is 1. The molecule has 0 aromatic heterocycles. The lowest BCUT2D eigenvalue weighted by Crippen LogP contribution is -2.52. The second-order valence-electron chi connectivity index (χ2n) is 6.51. The molecule has 23 heavy (non-hydrogen) atoms. The van der Waals surface area contributed by atoms with Gasteiger partial charge < -0.3 is 4.90 Å². The number of rotatable bonds is 4. The number of carbonyl (C=O) groups is 1. The lowest BCUT2D eigenvalue weighted by Gasteiger charge is -2.38. The van der Waals surface area contributed by atoms with Crippen LogP contribution in [0.25, 0.3) is 0 Å². The van der Waals surface area contributed by atoms with Crippen molar-refractivity contribution in [3.63, 3.8) is 0 Å². The fourth-order valence-corrected chi connectivity index (χ4v) is 4.82. The molecule has 1 aliphatic carbocycles. The lowest BCUT2D eigenvalue weighted by atomic mass is 10.2. The van der Waals surface area contributed by atoms with E-state index in [1.165, 1.54) is 25.7 Å². The summed E-state index contributed by atoms with van der Waals surface area (Å²) in [4.78, 5) is 18.5. The van der Waals surface area contributed by atoms with Crippen LogP contribution >= 0.6 is 27.7 Å². The van der Waals surface area contributed by atoms with Crippen molar-refractivity contribution in [1.29, 1.82) is 0 Å². The summed E-state index contributed by atoms with van der Waals surface area (Å²) in [5, 5.41) is -0.0193. The topological polar surface area (TPSA) is 23.6 Å². The summed E-state index contributed by atoms with van der Waals surface area (Å²) in [7, 11) is 0. The molecule has 1 aromatic rings. The minimum absolute atomic E-state index is 0.0193. The maximum atomic E-state index is 12.7. The molecule has 1 saturated heterocycles. The van der Waals surface area contributed by atoms with Crippen molar-refractivity contribution >= 4 is 33.6 Å². The molecule has 1 aliphatic heterocycles. The van der Waals surface area contributed by atoms with Crippen LogP contribution in [0.3, 0.4) is 0 Å². The summed E-state index contributed by atoms with van der Waals surface area (Å²) in [6.45, 7) is 5.90. The van der Waals surface area contributed by atoms with Gasteiger partial charge in [0, 0.05) is 41.6 Å². The van der Waals surface area contributed by atoms with Gasteiger partial charge in [0.15, 0.2) is 0 Å². The third-order valence-electron chi connectivity index (χ3n) is 4.94. The van der Waals surface area contributed by atoms with E-state index in [9.17, 15) is 4.79 Å². The lowest BCUT2D eigenvalue weighted by molar-refractivity contribution is -0.132. The number of benzene rings is 1. The van der Waals surface area contributed by atoms with E-state index in [0.717, 1.165) is 41.6 Å². The Bertz CT molecular complexity index is 522. The molecule has 1 saturated carbocycles. The van der Waals surface area contributed by atoms with Gasteiger partial charge in [0.2, 0.25) is 5.91 Å². The van der Waals surface area contributed by atoms with Crippen molar-refractivity contribution < 1.29 is 4.79 Å². The molecule has 1 atom stereocenters. The number of halogens is 1. The number of piperazine rings is 1. The number of hydrogen-bond donors (Lipinski definition) is 0. The second-order valence-corrected chi connectivity index (χ2v) is 8.84. The fraction of sp³-hybridized carbons (Fsp3) is 0.611. The maximum absolute atomic E-state index is 12.7. The van der Waals surface area contributed by atoms with Crippen LogP contribution < -0.4 is 0 Å². The van der Waals surface area contributed by atoms with Crippen molar-refractivity contribution in [1.82, 2.24) is 9.80 Å². The summed E-state index contributed by atoms with van der Waals surface area (Å²) in [5.74, 6) is 0.281. The molecule has 126 valence electrons. The zero-order valence-corrected chi connectivity index (χ0v) is 16.1. The van der Waals surface area contributed by atoms with E-state index in [2.05, 4.69) is 37.9 Å². The van der Waals surface area contributed by atoms with E-state index < -0.39 is 0 Å². The first-order valence-corrected chi connectivity index (χ1v) is 10.3. The predicted molar refractivity (Wildman–Crippen MR) is 99.9 cm³/mol.